The molecule has 1 aliphatic heterocycles. The van der Waals surface area contributed by atoms with Crippen molar-refractivity contribution in [2.45, 2.75) is 46.3 Å². The molecule has 0 bridgehead atoms. The van der Waals surface area contributed by atoms with Gasteiger partial charge in [0.25, 0.3) is 0 Å². The first-order chi connectivity index (χ1) is 9.94. The highest BCUT2D eigenvalue weighted by Gasteiger charge is 2.25. The van der Waals surface area contributed by atoms with Crippen molar-refractivity contribution < 1.29 is 14.4 Å². The van der Waals surface area contributed by atoms with Gasteiger partial charge in [0.05, 0.1) is 13.0 Å². The largest absolute Gasteiger partial charge is 0.364 e. The summed E-state index contributed by atoms with van der Waals surface area (Å²) in [5.74, 6) is 0.1000. The summed E-state index contributed by atoms with van der Waals surface area (Å²) in [5, 5.41) is 3.03. The van der Waals surface area contributed by atoms with Crippen LogP contribution in [0.3, 0.4) is 0 Å². The second-order valence-corrected chi connectivity index (χ2v) is 6.28. The van der Waals surface area contributed by atoms with Crippen LogP contribution in [0.2, 0.25) is 0 Å². The summed E-state index contributed by atoms with van der Waals surface area (Å²) in [5.41, 5.74) is 3.20. The van der Waals surface area contributed by atoms with Crippen molar-refractivity contribution in [1.82, 2.24) is 0 Å². The minimum atomic E-state index is 0.1000. The Morgan fingerprint density at radius 3 is 2.62 bits per heavy atom. The van der Waals surface area contributed by atoms with E-state index in [0.29, 0.717) is 6.42 Å². The number of morpholine rings is 1. The monoisotopic (exact) mass is 291 g/mol. The van der Waals surface area contributed by atoms with Crippen LogP contribution in [0.4, 0.5) is 5.69 Å². The number of hydrogen-bond acceptors (Lipinski definition) is 2. The first kappa shape index (κ1) is 16.0. The second-order valence-electron chi connectivity index (χ2n) is 6.28. The minimum Gasteiger partial charge on any atom is -0.364 e. The standard InChI is InChI=1S/C17H26N2O2/c1-12-5-6-13(2)16(9-12)18-17(20)7-8-19-10-14(3)21-15(4)11-19/h5-6,9,14-15H,7-8,10-11H2,1-4H3,(H,18,20)/p+1/t14-,15-/m0/s1. The highest BCUT2D eigenvalue weighted by atomic mass is 16.5. The molecule has 0 unspecified atom stereocenters. The predicted molar refractivity (Wildman–Crippen MR) is 84.7 cm³/mol. The van der Waals surface area contributed by atoms with Gasteiger partial charge >= 0.3 is 0 Å². The van der Waals surface area contributed by atoms with Crippen LogP contribution in [-0.4, -0.2) is 37.7 Å². The van der Waals surface area contributed by atoms with E-state index in [9.17, 15) is 4.79 Å². The van der Waals surface area contributed by atoms with Crippen LogP contribution in [-0.2, 0) is 9.53 Å². The highest BCUT2D eigenvalue weighted by Crippen LogP contribution is 2.16. The normalized spacial score (nSPS) is 25.6. The van der Waals surface area contributed by atoms with Crippen LogP contribution in [0.5, 0.6) is 0 Å². The third-order valence-corrected chi connectivity index (χ3v) is 3.99. The third-order valence-electron chi connectivity index (χ3n) is 3.99. The molecule has 1 aromatic carbocycles. The number of benzene rings is 1. The molecule has 4 heteroatoms. The van der Waals surface area contributed by atoms with Gasteiger partial charge in [-0.25, -0.2) is 0 Å². The van der Waals surface area contributed by atoms with Crippen molar-refractivity contribution in [2.24, 2.45) is 0 Å². The Morgan fingerprint density at radius 2 is 1.95 bits per heavy atom. The number of carbonyl (C=O) groups is 1. The smallest absolute Gasteiger partial charge is 0.230 e. The van der Waals surface area contributed by atoms with E-state index in [4.69, 9.17) is 4.74 Å². The van der Waals surface area contributed by atoms with Crippen molar-refractivity contribution in [1.29, 1.82) is 0 Å². The number of nitrogens with one attached hydrogen (secondary N) is 2. The van der Waals surface area contributed by atoms with E-state index in [-0.39, 0.29) is 18.1 Å². The number of anilines is 1. The quantitative estimate of drug-likeness (QED) is 0.879. The maximum absolute atomic E-state index is 12.1. The molecule has 0 spiro atoms. The second kappa shape index (κ2) is 7.05. The fourth-order valence-electron chi connectivity index (χ4n) is 2.97. The van der Waals surface area contributed by atoms with Crippen LogP contribution in [0, 0.1) is 13.8 Å². The third kappa shape index (κ3) is 4.83. The van der Waals surface area contributed by atoms with Gasteiger partial charge in [0.2, 0.25) is 5.91 Å². The summed E-state index contributed by atoms with van der Waals surface area (Å²) in [4.78, 5) is 13.6. The van der Waals surface area contributed by atoms with Gasteiger partial charge in [-0.1, -0.05) is 12.1 Å². The Morgan fingerprint density at radius 1 is 1.29 bits per heavy atom. The molecule has 1 fully saturated rings. The van der Waals surface area contributed by atoms with Gasteiger partial charge in [0.15, 0.2) is 0 Å². The van der Waals surface area contributed by atoms with Crippen molar-refractivity contribution in [2.75, 3.05) is 25.0 Å². The summed E-state index contributed by atoms with van der Waals surface area (Å²) >= 11 is 0. The highest BCUT2D eigenvalue weighted by molar-refractivity contribution is 5.91. The van der Waals surface area contributed by atoms with E-state index in [1.165, 1.54) is 4.90 Å². The number of hydrogen-bond donors (Lipinski definition) is 2. The Kier molecular flexibility index (Phi) is 5.37. The lowest BCUT2D eigenvalue weighted by molar-refractivity contribution is -0.914. The van der Waals surface area contributed by atoms with E-state index in [1.54, 1.807) is 0 Å². The van der Waals surface area contributed by atoms with Gasteiger partial charge in [-0.2, -0.15) is 0 Å². The van der Waals surface area contributed by atoms with Gasteiger partial charge in [0, 0.05) is 5.69 Å². The number of rotatable bonds is 4. The van der Waals surface area contributed by atoms with Crippen molar-refractivity contribution in [3.63, 3.8) is 0 Å². The topological polar surface area (TPSA) is 42.8 Å². The van der Waals surface area contributed by atoms with Gasteiger partial charge in [-0.15, -0.1) is 0 Å². The average molecular weight is 291 g/mol. The molecule has 1 amide bonds. The summed E-state index contributed by atoms with van der Waals surface area (Å²) < 4.78 is 5.73. The van der Waals surface area contributed by atoms with Crippen LogP contribution in [0.15, 0.2) is 18.2 Å². The first-order valence-electron chi connectivity index (χ1n) is 7.80. The lowest BCUT2D eigenvalue weighted by Gasteiger charge is -2.32. The molecule has 2 N–H and O–H groups in total. The number of aryl methyl sites for hydroxylation is 2. The molecule has 0 aliphatic carbocycles. The molecule has 1 aliphatic rings. The first-order valence-corrected chi connectivity index (χ1v) is 7.80. The summed E-state index contributed by atoms with van der Waals surface area (Å²) in [6.45, 7) is 11.1. The lowest BCUT2D eigenvalue weighted by Crippen LogP contribution is -3.15. The molecule has 2 rings (SSSR count). The van der Waals surface area contributed by atoms with E-state index >= 15 is 0 Å². The maximum Gasteiger partial charge on any atom is 0.230 e. The zero-order valence-corrected chi connectivity index (χ0v) is 13.5. The fourth-order valence-corrected chi connectivity index (χ4v) is 2.97. The number of amides is 1. The molecule has 4 nitrogen and oxygen atoms in total. The molecule has 0 saturated carbocycles. The fraction of sp³-hybridized carbons (Fsp3) is 0.588. The van der Waals surface area contributed by atoms with E-state index in [0.717, 1.165) is 36.4 Å². The van der Waals surface area contributed by atoms with E-state index < -0.39 is 0 Å². The zero-order valence-electron chi connectivity index (χ0n) is 13.5. The number of ether oxygens (including phenoxy) is 1. The Balaban J connectivity index is 1.83. The zero-order chi connectivity index (χ0) is 15.4. The molecule has 21 heavy (non-hydrogen) atoms. The van der Waals surface area contributed by atoms with Gasteiger partial charge in [0.1, 0.15) is 25.3 Å². The molecule has 2 atom stereocenters. The van der Waals surface area contributed by atoms with Crippen LogP contribution < -0.4 is 10.2 Å². The van der Waals surface area contributed by atoms with Gasteiger partial charge < -0.3 is 15.0 Å². The number of carbonyl (C=O) groups excluding carboxylic acids is 1. The summed E-state index contributed by atoms with van der Waals surface area (Å²) in [7, 11) is 0. The Bertz CT molecular complexity index is 492. The molecule has 1 saturated heterocycles. The van der Waals surface area contributed by atoms with E-state index in [1.807, 2.05) is 26.0 Å². The van der Waals surface area contributed by atoms with Crippen molar-refractivity contribution in [3.05, 3.63) is 29.3 Å². The Hall–Kier alpha value is -1.39. The molecule has 0 aromatic heterocycles. The molecular formula is C17H27N2O2+. The maximum atomic E-state index is 12.1. The van der Waals surface area contributed by atoms with Crippen molar-refractivity contribution in [3.8, 4) is 0 Å². The minimum absolute atomic E-state index is 0.1000. The molecular weight excluding hydrogens is 264 g/mol. The molecule has 1 heterocycles. The van der Waals surface area contributed by atoms with Crippen LogP contribution in [0.1, 0.15) is 31.4 Å². The summed E-state index contributed by atoms with van der Waals surface area (Å²) in [6, 6.07) is 6.13. The molecule has 116 valence electrons. The van der Waals surface area contributed by atoms with Crippen molar-refractivity contribution >= 4 is 11.6 Å². The van der Waals surface area contributed by atoms with Crippen LogP contribution >= 0.6 is 0 Å². The Labute approximate surface area is 127 Å². The summed E-state index contributed by atoms with van der Waals surface area (Å²) in [6.07, 6.45) is 1.12. The average Bonchev–Trinajstić information content (AvgIpc) is 2.40. The predicted octanol–water partition coefficient (Wildman–Crippen LogP) is 1.32. The molecule has 1 aromatic rings. The SMILES string of the molecule is Cc1ccc(C)c(NC(=O)CC[NH+]2C[C@H](C)O[C@@H](C)C2)c1. The number of quaternary nitrogens is 1. The van der Waals surface area contributed by atoms with Gasteiger partial charge in [-0.3, -0.25) is 4.79 Å². The van der Waals surface area contributed by atoms with E-state index in [2.05, 4.69) is 25.2 Å². The lowest BCUT2D eigenvalue weighted by atomic mass is 10.1. The van der Waals surface area contributed by atoms with Gasteiger partial charge in [-0.05, 0) is 44.9 Å². The van der Waals surface area contributed by atoms with Crippen LogP contribution in [0.25, 0.3) is 0 Å². The molecule has 0 radical (unpaired) electrons.